The molecule has 0 saturated carbocycles. The van der Waals surface area contributed by atoms with Gasteiger partial charge in [0, 0.05) is 23.5 Å². The number of hydrogen-bond donors (Lipinski definition) is 2. The van der Waals surface area contributed by atoms with Crippen molar-refractivity contribution in [2.24, 2.45) is 5.92 Å². The molecule has 1 aliphatic heterocycles. The fraction of sp³-hybridized carbons (Fsp3) is 0.333. The molecule has 0 radical (unpaired) electrons. The molecule has 0 bridgehead atoms. The number of benzene rings is 2. The quantitative estimate of drug-likeness (QED) is 0.835. The second-order valence-electron chi connectivity index (χ2n) is 6.74. The van der Waals surface area contributed by atoms with Crippen LogP contribution < -0.4 is 5.32 Å². The van der Waals surface area contributed by atoms with Gasteiger partial charge in [0.1, 0.15) is 12.1 Å². The molecule has 23 heavy (non-hydrogen) atoms. The fourth-order valence-electron chi connectivity index (χ4n) is 3.91. The Morgan fingerprint density at radius 1 is 1.09 bits per heavy atom. The largest absolute Gasteiger partial charge is 0.389 e. The van der Waals surface area contributed by atoms with E-state index in [-0.39, 0.29) is 18.0 Å². The van der Waals surface area contributed by atoms with Crippen LogP contribution in [0.3, 0.4) is 0 Å². The highest BCUT2D eigenvalue weighted by Gasteiger charge is 2.48. The van der Waals surface area contributed by atoms with Crippen molar-refractivity contribution >= 4 is 0 Å². The average Bonchev–Trinajstić information content (AvgIpc) is 2.59. The third-order valence-electron chi connectivity index (χ3n) is 5.31. The molecule has 120 valence electrons. The van der Waals surface area contributed by atoms with Crippen molar-refractivity contribution in [1.82, 2.24) is 0 Å². The molecule has 3 rings (SSSR count). The van der Waals surface area contributed by atoms with Crippen molar-refractivity contribution in [3.63, 3.8) is 0 Å². The second-order valence-corrected chi connectivity index (χ2v) is 6.74. The molecule has 0 aliphatic carbocycles. The molecular weight excluding hydrogens is 282 g/mol. The van der Waals surface area contributed by atoms with Gasteiger partial charge in [-0.25, -0.2) is 0 Å². The van der Waals surface area contributed by atoms with Crippen molar-refractivity contribution in [2.75, 3.05) is 0 Å². The molecule has 2 nitrogen and oxygen atoms in total. The SMILES string of the molecule is C=CC[C@@]1(O)C[C@@H](c2ccccc2)[NH2+][C@H](c2ccccc2)[C@H]1C. The Morgan fingerprint density at radius 3 is 2.22 bits per heavy atom. The van der Waals surface area contributed by atoms with Crippen LogP contribution in [0.2, 0.25) is 0 Å². The van der Waals surface area contributed by atoms with Gasteiger partial charge in [0.25, 0.3) is 0 Å². The van der Waals surface area contributed by atoms with Crippen molar-refractivity contribution in [3.8, 4) is 0 Å². The molecule has 1 heterocycles. The fourth-order valence-corrected chi connectivity index (χ4v) is 3.91. The van der Waals surface area contributed by atoms with Gasteiger partial charge in [-0.15, -0.1) is 6.58 Å². The number of hydrogen-bond acceptors (Lipinski definition) is 1. The number of nitrogens with two attached hydrogens (primary N) is 1. The van der Waals surface area contributed by atoms with Gasteiger partial charge in [0.2, 0.25) is 0 Å². The monoisotopic (exact) mass is 308 g/mol. The van der Waals surface area contributed by atoms with Gasteiger partial charge >= 0.3 is 0 Å². The minimum absolute atomic E-state index is 0.169. The van der Waals surface area contributed by atoms with Crippen LogP contribution in [-0.2, 0) is 0 Å². The van der Waals surface area contributed by atoms with Crippen LogP contribution >= 0.6 is 0 Å². The van der Waals surface area contributed by atoms with E-state index in [0.29, 0.717) is 6.42 Å². The lowest BCUT2D eigenvalue weighted by Crippen LogP contribution is -2.91. The van der Waals surface area contributed by atoms with E-state index in [1.54, 1.807) is 0 Å². The summed E-state index contributed by atoms with van der Waals surface area (Å²) in [5, 5.41) is 13.7. The van der Waals surface area contributed by atoms with Gasteiger partial charge in [0.05, 0.1) is 5.60 Å². The molecule has 1 fully saturated rings. The number of aliphatic hydroxyl groups is 1. The Bertz CT molecular complexity index is 639. The highest BCUT2D eigenvalue weighted by Crippen LogP contribution is 2.40. The van der Waals surface area contributed by atoms with Crippen molar-refractivity contribution in [3.05, 3.63) is 84.4 Å². The molecule has 0 amide bonds. The maximum atomic E-state index is 11.3. The normalized spacial score (nSPS) is 30.8. The lowest BCUT2D eigenvalue weighted by atomic mass is 9.70. The minimum atomic E-state index is -0.711. The van der Waals surface area contributed by atoms with E-state index >= 15 is 0 Å². The number of quaternary nitrogens is 1. The summed E-state index contributed by atoms with van der Waals surface area (Å²) in [6, 6.07) is 21.6. The first-order valence-corrected chi connectivity index (χ1v) is 8.42. The molecule has 3 N–H and O–H groups in total. The molecule has 2 aromatic carbocycles. The van der Waals surface area contributed by atoms with Crippen LogP contribution in [0.15, 0.2) is 73.3 Å². The predicted molar refractivity (Wildman–Crippen MR) is 93.8 cm³/mol. The van der Waals surface area contributed by atoms with Crippen LogP contribution in [0, 0.1) is 5.92 Å². The average molecular weight is 308 g/mol. The zero-order valence-electron chi connectivity index (χ0n) is 13.7. The zero-order chi connectivity index (χ0) is 16.3. The van der Waals surface area contributed by atoms with Gasteiger partial charge in [-0.2, -0.15) is 0 Å². The van der Waals surface area contributed by atoms with Crippen molar-refractivity contribution < 1.29 is 10.4 Å². The summed E-state index contributed by atoms with van der Waals surface area (Å²) in [6.07, 6.45) is 3.24. The smallest absolute Gasteiger partial charge is 0.117 e. The van der Waals surface area contributed by atoms with Gasteiger partial charge in [-0.05, 0) is 6.42 Å². The summed E-state index contributed by atoms with van der Waals surface area (Å²) in [4.78, 5) is 0. The summed E-state index contributed by atoms with van der Waals surface area (Å²) in [5.74, 6) is 0.169. The van der Waals surface area contributed by atoms with Crippen LogP contribution in [-0.4, -0.2) is 10.7 Å². The van der Waals surface area contributed by atoms with Gasteiger partial charge in [-0.3, -0.25) is 0 Å². The Hall–Kier alpha value is -1.90. The molecular formula is C21H26NO+. The molecule has 2 heteroatoms. The van der Waals surface area contributed by atoms with E-state index in [1.807, 2.05) is 18.2 Å². The molecule has 0 aromatic heterocycles. The first kappa shape index (κ1) is 16.0. The van der Waals surface area contributed by atoms with Gasteiger partial charge in [0.15, 0.2) is 0 Å². The molecule has 1 saturated heterocycles. The summed E-state index contributed by atoms with van der Waals surface area (Å²) in [6.45, 7) is 6.03. The van der Waals surface area contributed by atoms with Crippen LogP contribution in [0.25, 0.3) is 0 Å². The lowest BCUT2D eigenvalue weighted by Gasteiger charge is -2.44. The van der Waals surface area contributed by atoms with E-state index in [2.05, 4.69) is 67.4 Å². The number of rotatable bonds is 4. The van der Waals surface area contributed by atoms with Crippen LogP contribution in [0.1, 0.15) is 43.0 Å². The molecule has 1 aliphatic rings. The standard InChI is InChI=1S/C21H25NO/c1-3-14-21(23)15-19(17-10-6-4-7-11-17)22-20(16(21)2)18-12-8-5-9-13-18/h3-13,16,19-20,22-23H,1,14-15H2,2H3/p+1/t16-,19+,20+,21-/m1/s1. The minimum Gasteiger partial charge on any atom is -0.389 e. The first-order valence-electron chi connectivity index (χ1n) is 8.42. The molecule has 2 aromatic rings. The van der Waals surface area contributed by atoms with E-state index in [1.165, 1.54) is 11.1 Å². The first-order chi connectivity index (χ1) is 11.1. The lowest BCUT2D eigenvalue weighted by molar-refractivity contribution is -0.756. The third kappa shape index (κ3) is 3.24. The van der Waals surface area contributed by atoms with Gasteiger partial charge in [-0.1, -0.05) is 73.7 Å². The van der Waals surface area contributed by atoms with E-state index in [9.17, 15) is 5.11 Å². The van der Waals surface area contributed by atoms with Crippen LogP contribution in [0.5, 0.6) is 0 Å². The maximum Gasteiger partial charge on any atom is 0.117 e. The van der Waals surface area contributed by atoms with E-state index in [0.717, 1.165) is 6.42 Å². The Labute approximate surface area is 138 Å². The highest BCUT2D eigenvalue weighted by molar-refractivity contribution is 5.22. The summed E-state index contributed by atoms with van der Waals surface area (Å²) < 4.78 is 0. The Kier molecular flexibility index (Phi) is 4.65. The van der Waals surface area contributed by atoms with Crippen LogP contribution in [0.4, 0.5) is 0 Å². The maximum absolute atomic E-state index is 11.3. The highest BCUT2D eigenvalue weighted by atomic mass is 16.3. The van der Waals surface area contributed by atoms with E-state index < -0.39 is 5.60 Å². The van der Waals surface area contributed by atoms with Crippen molar-refractivity contribution in [2.45, 2.75) is 37.5 Å². The predicted octanol–water partition coefficient (Wildman–Crippen LogP) is 3.38. The summed E-state index contributed by atoms with van der Waals surface area (Å²) in [5.41, 5.74) is 1.85. The van der Waals surface area contributed by atoms with E-state index in [4.69, 9.17) is 0 Å². The zero-order valence-corrected chi connectivity index (χ0v) is 13.7. The topological polar surface area (TPSA) is 36.8 Å². The summed E-state index contributed by atoms with van der Waals surface area (Å²) in [7, 11) is 0. The molecule has 4 atom stereocenters. The van der Waals surface area contributed by atoms with Crippen molar-refractivity contribution in [1.29, 1.82) is 0 Å². The number of piperidine rings is 1. The molecule has 0 unspecified atom stereocenters. The Morgan fingerprint density at radius 2 is 1.65 bits per heavy atom. The summed E-state index contributed by atoms with van der Waals surface area (Å²) >= 11 is 0. The third-order valence-corrected chi connectivity index (χ3v) is 5.31. The second kappa shape index (κ2) is 6.69. The molecule has 0 spiro atoms. The van der Waals surface area contributed by atoms with Gasteiger partial charge < -0.3 is 10.4 Å². The Balaban J connectivity index is 1.97.